The van der Waals surface area contributed by atoms with Gasteiger partial charge in [-0.1, -0.05) is 0 Å². The summed E-state index contributed by atoms with van der Waals surface area (Å²) >= 11 is 0. The molecule has 7 nitrogen and oxygen atoms in total. The van der Waals surface area contributed by atoms with Gasteiger partial charge in [-0.2, -0.15) is 5.26 Å². The zero-order valence-corrected chi connectivity index (χ0v) is 11.1. The molecule has 0 aromatic carbocycles. The van der Waals surface area contributed by atoms with E-state index in [2.05, 4.69) is 14.4 Å². The Kier molecular flexibility index (Phi) is 5.26. The second-order valence-corrected chi connectivity index (χ2v) is 5.36. The van der Waals surface area contributed by atoms with Crippen molar-refractivity contribution >= 4 is 21.8 Å². The number of hydrogen-bond donors (Lipinski definition) is 1. The first-order valence-electron chi connectivity index (χ1n) is 5.49. The molecule has 19 heavy (non-hydrogen) atoms. The van der Waals surface area contributed by atoms with Crippen LogP contribution in [-0.2, 0) is 19.6 Å². The highest BCUT2D eigenvalue weighted by molar-refractivity contribution is 7.92. The molecular formula is C11H13N3O4S. The van der Waals surface area contributed by atoms with Gasteiger partial charge in [0.25, 0.3) is 0 Å². The van der Waals surface area contributed by atoms with E-state index in [9.17, 15) is 13.2 Å². The van der Waals surface area contributed by atoms with Crippen LogP contribution in [0.1, 0.15) is 18.9 Å². The lowest BCUT2D eigenvalue weighted by atomic mass is 10.3. The summed E-state index contributed by atoms with van der Waals surface area (Å²) in [5, 5.41) is 8.58. The summed E-state index contributed by atoms with van der Waals surface area (Å²) in [7, 11) is -3.66. The number of carbonyl (C=O) groups is 1. The van der Waals surface area contributed by atoms with Crippen molar-refractivity contribution in [1.82, 2.24) is 4.98 Å². The van der Waals surface area contributed by atoms with Gasteiger partial charge in [-0.15, -0.1) is 0 Å². The number of aromatic nitrogens is 1. The van der Waals surface area contributed by atoms with Crippen molar-refractivity contribution in [2.75, 3.05) is 17.1 Å². The molecule has 1 rings (SSSR count). The molecule has 1 aromatic heterocycles. The van der Waals surface area contributed by atoms with Gasteiger partial charge >= 0.3 is 5.97 Å². The normalized spacial score (nSPS) is 10.5. The smallest absolute Gasteiger partial charge is 0.306 e. The molecule has 0 unspecified atom stereocenters. The molecule has 0 saturated carbocycles. The molecule has 0 bridgehead atoms. The average molecular weight is 283 g/mol. The third kappa shape index (κ3) is 5.35. The highest BCUT2D eigenvalue weighted by atomic mass is 32.2. The van der Waals surface area contributed by atoms with Crippen LogP contribution in [0.4, 0.5) is 5.82 Å². The summed E-state index contributed by atoms with van der Waals surface area (Å²) in [6.07, 6.45) is 1.03. The lowest BCUT2D eigenvalue weighted by Gasteiger charge is -2.06. The van der Waals surface area contributed by atoms with Crippen LogP contribution in [0.2, 0.25) is 0 Å². The number of anilines is 1. The predicted molar refractivity (Wildman–Crippen MR) is 67.6 cm³/mol. The summed E-state index contributed by atoms with van der Waals surface area (Å²) in [4.78, 5) is 14.8. The minimum absolute atomic E-state index is 0.0999. The fourth-order valence-electron chi connectivity index (χ4n) is 1.18. The molecule has 0 aliphatic carbocycles. The van der Waals surface area contributed by atoms with Crippen LogP contribution in [0.15, 0.2) is 18.3 Å². The van der Waals surface area contributed by atoms with Gasteiger partial charge in [-0.3, -0.25) is 9.52 Å². The number of ether oxygens (including phenoxy) is 1. The predicted octanol–water partition coefficient (Wildman–Crippen LogP) is 0.648. The van der Waals surface area contributed by atoms with E-state index in [1.165, 1.54) is 18.3 Å². The Morgan fingerprint density at radius 1 is 1.53 bits per heavy atom. The Morgan fingerprint density at radius 3 is 2.79 bits per heavy atom. The zero-order chi connectivity index (χ0) is 14.3. The molecule has 0 aliphatic rings. The van der Waals surface area contributed by atoms with Gasteiger partial charge in [0.15, 0.2) is 0 Å². The van der Waals surface area contributed by atoms with Crippen LogP contribution >= 0.6 is 0 Å². The van der Waals surface area contributed by atoms with Crippen molar-refractivity contribution in [2.24, 2.45) is 0 Å². The Labute approximate surface area is 111 Å². The second-order valence-electron chi connectivity index (χ2n) is 3.52. The van der Waals surface area contributed by atoms with E-state index in [-0.39, 0.29) is 24.6 Å². The Bertz CT molecular complexity index is 575. The zero-order valence-electron chi connectivity index (χ0n) is 10.3. The van der Waals surface area contributed by atoms with Crippen molar-refractivity contribution in [1.29, 1.82) is 5.26 Å². The number of esters is 1. The molecule has 0 spiro atoms. The minimum atomic E-state index is -3.66. The quantitative estimate of drug-likeness (QED) is 0.767. The number of sulfonamides is 1. The molecular weight excluding hydrogens is 270 g/mol. The van der Waals surface area contributed by atoms with E-state index < -0.39 is 16.0 Å². The van der Waals surface area contributed by atoms with E-state index in [1.54, 1.807) is 6.92 Å². The van der Waals surface area contributed by atoms with Gasteiger partial charge in [-0.25, -0.2) is 13.4 Å². The first kappa shape index (κ1) is 14.9. The number of rotatable bonds is 6. The monoisotopic (exact) mass is 283 g/mol. The van der Waals surface area contributed by atoms with E-state index >= 15 is 0 Å². The van der Waals surface area contributed by atoms with Crippen molar-refractivity contribution in [3.05, 3.63) is 23.9 Å². The molecule has 0 fully saturated rings. The van der Waals surface area contributed by atoms with Crippen LogP contribution in [0, 0.1) is 11.3 Å². The van der Waals surface area contributed by atoms with Crippen LogP contribution in [0.5, 0.6) is 0 Å². The van der Waals surface area contributed by atoms with Crippen LogP contribution in [0.25, 0.3) is 0 Å². The molecule has 1 heterocycles. The molecule has 102 valence electrons. The van der Waals surface area contributed by atoms with Crippen LogP contribution in [-0.4, -0.2) is 31.7 Å². The van der Waals surface area contributed by atoms with Gasteiger partial charge in [0, 0.05) is 6.20 Å². The standard InChI is InChI=1S/C11H13N3O4S/c1-2-18-11(15)5-6-19(16,17)14-10-4-3-9(7-12)8-13-10/h3-4,8H,2,5-6H2,1H3,(H,13,14). The number of carbonyl (C=O) groups excluding carboxylic acids is 1. The number of nitrogens with one attached hydrogen (secondary N) is 1. The number of nitrogens with zero attached hydrogens (tertiary/aromatic N) is 2. The maximum absolute atomic E-state index is 11.6. The maximum Gasteiger partial charge on any atom is 0.306 e. The van der Waals surface area contributed by atoms with Gasteiger partial charge in [0.05, 0.1) is 24.3 Å². The third-order valence-corrected chi connectivity index (χ3v) is 3.29. The van der Waals surface area contributed by atoms with Gasteiger partial charge in [0.2, 0.25) is 10.0 Å². The number of pyridine rings is 1. The maximum atomic E-state index is 11.6. The molecule has 0 atom stereocenters. The van der Waals surface area contributed by atoms with E-state index in [0.717, 1.165) is 0 Å². The van der Waals surface area contributed by atoms with Gasteiger partial charge < -0.3 is 4.74 Å². The lowest BCUT2D eigenvalue weighted by Crippen LogP contribution is -2.20. The van der Waals surface area contributed by atoms with Gasteiger partial charge in [0.1, 0.15) is 11.9 Å². The van der Waals surface area contributed by atoms with Crippen molar-refractivity contribution < 1.29 is 17.9 Å². The summed E-state index contributed by atoms with van der Waals surface area (Å²) < 4.78 is 30.1. The molecule has 1 N–H and O–H groups in total. The molecule has 0 saturated heterocycles. The molecule has 0 amide bonds. The second kappa shape index (κ2) is 6.70. The highest BCUT2D eigenvalue weighted by Gasteiger charge is 2.14. The molecule has 0 radical (unpaired) electrons. The molecule has 8 heteroatoms. The SMILES string of the molecule is CCOC(=O)CCS(=O)(=O)Nc1ccc(C#N)cn1. The van der Waals surface area contributed by atoms with Crippen molar-refractivity contribution in [2.45, 2.75) is 13.3 Å². The number of nitriles is 1. The Hall–Kier alpha value is -2.14. The fourth-order valence-corrected chi connectivity index (χ4v) is 2.16. The highest BCUT2D eigenvalue weighted by Crippen LogP contribution is 2.07. The number of hydrogen-bond acceptors (Lipinski definition) is 6. The summed E-state index contributed by atoms with van der Waals surface area (Å²) in [6, 6.07) is 4.69. The van der Waals surface area contributed by atoms with E-state index in [1.807, 2.05) is 6.07 Å². The van der Waals surface area contributed by atoms with E-state index in [4.69, 9.17) is 5.26 Å². The molecule has 0 aliphatic heterocycles. The largest absolute Gasteiger partial charge is 0.466 e. The van der Waals surface area contributed by atoms with Crippen molar-refractivity contribution in [3.8, 4) is 6.07 Å². The topological polar surface area (TPSA) is 109 Å². The summed E-state index contributed by atoms with van der Waals surface area (Å²) in [5.74, 6) is -0.850. The Morgan fingerprint density at radius 2 is 2.26 bits per heavy atom. The van der Waals surface area contributed by atoms with Crippen LogP contribution in [0.3, 0.4) is 0 Å². The summed E-state index contributed by atoms with van der Waals surface area (Å²) in [6.45, 7) is 1.86. The minimum Gasteiger partial charge on any atom is -0.466 e. The summed E-state index contributed by atoms with van der Waals surface area (Å²) in [5.41, 5.74) is 0.328. The first-order valence-corrected chi connectivity index (χ1v) is 7.14. The van der Waals surface area contributed by atoms with Gasteiger partial charge in [-0.05, 0) is 19.1 Å². The lowest BCUT2D eigenvalue weighted by molar-refractivity contribution is -0.142. The fraction of sp³-hybridized carbons (Fsp3) is 0.364. The molecule has 1 aromatic rings. The first-order chi connectivity index (χ1) is 8.96. The average Bonchev–Trinajstić information content (AvgIpc) is 2.37. The van der Waals surface area contributed by atoms with Crippen LogP contribution < -0.4 is 4.72 Å². The van der Waals surface area contributed by atoms with E-state index in [0.29, 0.717) is 5.56 Å². The Balaban J connectivity index is 2.59. The third-order valence-electron chi connectivity index (χ3n) is 2.03. The van der Waals surface area contributed by atoms with Crippen molar-refractivity contribution in [3.63, 3.8) is 0 Å².